The second-order valence-electron chi connectivity index (χ2n) is 6.60. The van der Waals surface area contributed by atoms with E-state index in [0.29, 0.717) is 0 Å². The van der Waals surface area contributed by atoms with E-state index in [1.54, 1.807) is 0 Å². The Labute approximate surface area is 111 Å². The lowest BCUT2D eigenvalue weighted by molar-refractivity contribution is -0.152. The summed E-state index contributed by atoms with van der Waals surface area (Å²) in [4.78, 5) is 14.4. The number of hydrogen-bond donors (Lipinski definition) is 0. The lowest BCUT2D eigenvalue weighted by atomic mass is 9.77. The van der Waals surface area contributed by atoms with Crippen LogP contribution in [-0.4, -0.2) is 37.1 Å². The van der Waals surface area contributed by atoms with Gasteiger partial charge in [-0.2, -0.15) is 0 Å². The molecule has 0 N–H and O–H groups in total. The highest BCUT2D eigenvalue weighted by Gasteiger charge is 2.38. The van der Waals surface area contributed by atoms with Crippen molar-refractivity contribution in [1.29, 1.82) is 0 Å². The molecule has 1 heterocycles. The van der Waals surface area contributed by atoms with E-state index in [-0.39, 0.29) is 11.4 Å². The Kier molecular flexibility index (Phi) is 4.31. The number of esters is 1. The molecule has 0 bridgehead atoms. The van der Waals surface area contributed by atoms with Gasteiger partial charge in [-0.05, 0) is 52.0 Å². The van der Waals surface area contributed by atoms with Gasteiger partial charge in [-0.15, -0.1) is 0 Å². The molecule has 2 aliphatic rings. The molecule has 0 aromatic heterocycles. The van der Waals surface area contributed by atoms with E-state index in [9.17, 15) is 4.79 Å². The summed E-state index contributed by atoms with van der Waals surface area (Å²) in [6.07, 6.45) is 8.14. The predicted octanol–water partition coefficient (Wildman–Crippen LogP) is 2.84. The van der Waals surface area contributed by atoms with Crippen molar-refractivity contribution >= 4 is 5.97 Å². The molecule has 0 spiro atoms. The number of hydrogen-bond acceptors (Lipinski definition) is 3. The molecule has 0 radical (unpaired) electrons. The number of carbonyl (C=O) groups is 1. The Morgan fingerprint density at radius 2 is 1.89 bits per heavy atom. The maximum Gasteiger partial charge on any atom is 0.312 e. The van der Waals surface area contributed by atoms with Crippen LogP contribution in [0.2, 0.25) is 0 Å². The molecule has 1 saturated heterocycles. The molecule has 3 nitrogen and oxygen atoms in total. The quantitative estimate of drug-likeness (QED) is 0.724. The SMILES string of the molecule is COC(=O)C(C)(C)CN1CCCC2CCCCC21. The summed E-state index contributed by atoms with van der Waals surface area (Å²) >= 11 is 0. The number of carbonyl (C=O) groups excluding carboxylic acids is 1. The molecule has 1 saturated carbocycles. The van der Waals surface area contributed by atoms with Gasteiger partial charge >= 0.3 is 5.97 Å². The van der Waals surface area contributed by atoms with E-state index in [4.69, 9.17) is 4.74 Å². The summed E-state index contributed by atoms with van der Waals surface area (Å²) in [5.74, 6) is 0.793. The summed E-state index contributed by atoms with van der Waals surface area (Å²) < 4.78 is 4.93. The molecule has 1 aliphatic heterocycles. The van der Waals surface area contributed by atoms with Gasteiger partial charge in [0, 0.05) is 12.6 Å². The molecule has 2 fully saturated rings. The van der Waals surface area contributed by atoms with Crippen LogP contribution in [0.25, 0.3) is 0 Å². The Morgan fingerprint density at radius 1 is 1.22 bits per heavy atom. The van der Waals surface area contributed by atoms with E-state index in [0.717, 1.165) is 25.0 Å². The highest BCUT2D eigenvalue weighted by molar-refractivity contribution is 5.76. The number of nitrogens with zero attached hydrogens (tertiary/aromatic N) is 1. The summed E-state index contributed by atoms with van der Waals surface area (Å²) in [6.45, 7) is 6.01. The number of fused-ring (bicyclic) bond motifs is 1. The van der Waals surface area contributed by atoms with Crippen LogP contribution < -0.4 is 0 Å². The lowest BCUT2D eigenvalue weighted by Gasteiger charge is -2.46. The number of methoxy groups -OCH3 is 1. The van der Waals surface area contributed by atoms with Crippen molar-refractivity contribution in [2.75, 3.05) is 20.2 Å². The van der Waals surface area contributed by atoms with Gasteiger partial charge in [0.15, 0.2) is 0 Å². The van der Waals surface area contributed by atoms with Crippen LogP contribution in [0.4, 0.5) is 0 Å². The third-order valence-electron chi connectivity index (χ3n) is 4.69. The van der Waals surface area contributed by atoms with Crippen LogP contribution in [0.3, 0.4) is 0 Å². The maximum absolute atomic E-state index is 11.8. The van der Waals surface area contributed by atoms with Crippen molar-refractivity contribution in [3.8, 4) is 0 Å². The molecule has 2 rings (SSSR count). The molecule has 0 amide bonds. The first kappa shape index (κ1) is 13.9. The molecule has 2 atom stereocenters. The van der Waals surface area contributed by atoms with E-state index in [1.807, 2.05) is 13.8 Å². The second kappa shape index (κ2) is 5.60. The Balaban J connectivity index is 2.01. The molecule has 2 unspecified atom stereocenters. The van der Waals surface area contributed by atoms with E-state index in [1.165, 1.54) is 45.6 Å². The van der Waals surface area contributed by atoms with E-state index >= 15 is 0 Å². The minimum absolute atomic E-state index is 0.0829. The number of likely N-dealkylation sites (tertiary alicyclic amines) is 1. The average Bonchev–Trinajstić information content (AvgIpc) is 2.38. The van der Waals surface area contributed by atoms with Crippen LogP contribution in [0.15, 0.2) is 0 Å². The third kappa shape index (κ3) is 2.87. The van der Waals surface area contributed by atoms with E-state index < -0.39 is 0 Å². The second-order valence-corrected chi connectivity index (χ2v) is 6.60. The largest absolute Gasteiger partial charge is 0.469 e. The van der Waals surface area contributed by atoms with Crippen molar-refractivity contribution in [1.82, 2.24) is 4.90 Å². The van der Waals surface area contributed by atoms with Crippen LogP contribution in [0, 0.1) is 11.3 Å². The summed E-state index contributed by atoms with van der Waals surface area (Å²) in [5, 5.41) is 0. The predicted molar refractivity (Wildman–Crippen MR) is 72.4 cm³/mol. The Morgan fingerprint density at radius 3 is 2.61 bits per heavy atom. The molecule has 0 aromatic carbocycles. The van der Waals surface area contributed by atoms with Gasteiger partial charge in [-0.1, -0.05) is 12.8 Å². The highest BCUT2D eigenvalue weighted by atomic mass is 16.5. The first-order valence-corrected chi connectivity index (χ1v) is 7.37. The number of ether oxygens (including phenoxy) is 1. The molecular formula is C15H27NO2. The maximum atomic E-state index is 11.8. The van der Waals surface area contributed by atoms with Crippen LogP contribution in [0.5, 0.6) is 0 Å². The molecular weight excluding hydrogens is 226 g/mol. The molecule has 18 heavy (non-hydrogen) atoms. The zero-order valence-corrected chi connectivity index (χ0v) is 12.1. The van der Waals surface area contributed by atoms with Gasteiger partial charge in [-0.25, -0.2) is 0 Å². The lowest BCUT2D eigenvalue weighted by Crippen LogP contribution is -2.51. The summed E-state index contributed by atoms with van der Waals surface area (Å²) in [7, 11) is 1.49. The van der Waals surface area contributed by atoms with Gasteiger partial charge < -0.3 is 4.74 Å². The van der Waals surface area contributed by atoms with Crippen molar-refractivity contribution < 1.29 is 9.53 Å². The number of rotatable bonds is 3. The molecule has 104 valence electrons. The standard InChI is InChI=1S/C15H27NO2/c1-15(2,14(17)18-3)11-16-10-6-8-12-7-4-5-9-13(12)16/h12-13H,4-11H2,1-3H3. The fraction of sp³-hybridized carbons (Fsp3) is 0.933. The van der Waals surface area contributed by atoms with Gasteiger partial charge in [0.1, 0.15) is 0 Å². The minimum Gasteiger partial charge on any atom is -0.469 e. The van der Waals surface area contributed by atoms with Crippen molar-refractivity contribution in [2.45, 2.75) is 58.4 Å². The molecule has 3 heteroatoms. The minimum atomic E-state index is -0.381. The smallest absolute Gasteiger partial charge is 0.312 e. The van der Waals surface area contributed by atoms with Crippen LogP contribution >= 0.6 is 0 Å². The molecule has 1 aliphatic carbocycles. The highest BCUT2D eigenvalue weighted by Crippen LogP contribution is 2.36. The van der Waals surface area contributed by atoms with Crippen molar-refractivity contribution in [2.24, 2.45) is 11.3 Å². The van der Waals surface area contributed by atoms with Gasteiger partial charge in [0.05, 0.1) is 12.5 Å². The summed E-state index contributed by atoms with van der Waals surface area (Å²) in [6, 6.07) is 0.719. The normalized spacial score (nSPS) is 29.7. The number of piperidine rings is 1. The van der Waals surface area contributed by atoms with Gasteiger partial charge in [-0.3, -0.25) is 9.69 Å². The van der Waals surface area contributed by atoms with Crippen molar-refractivity contribution in [3.63, 3.8) is 0 Å². The van der Waals surface area contributed by atoms with Gasteiger partial charge in [0.2, 0.25) is 0 Å². The topological polar surface area (TPSA) is 29.5 Å². The third-order valence-corrected chi connectivity index (χ3v) is 4.69. The Bertz CT molecular complexity index is 299. The van der Waals surface area contributed by atoms with Crippen molar-refractivity contribution in [3.05, 3.63) is 0 Å². The average molecular weight is 253 g/mol. The fourth-order valence-corrected chi connectivity index (χ4v) is 3.77. The first-order chi connectivity index (χ1) is 8.54. The molecule has 0 aromatic rings. The summed E-state index contributed by atoms with van der Waals surface area (Å²) in [5.41, 5.74) is -0.381. The Hall–Kier alpha value is -0.570. The monoisotopic (exact) mass is 253 g/mol. The first-order valence-electron chi connectivity index (χ1n) is 7.37. The van der Waals surface area contributed by atoms with Crippen LogP contribution in [0.1, 0.15) is 52.4 Å². The van der Waals surface area contributed by atoms with E-state index in [2.05, 4.69) is 4.90 Å². The zero-order valence-electron chi connectivity index (χ0n) is 12.1. The van der Waals surface area contributed by atoms with Crippen LogP contribution in [-0.2, 0) is 9.53 Å². The van der Waals surface area contributed by atoms with Gasteiger partial charge in [0.25, 0.3) is 0 Å². The fourth-order valence-electron chi connectivity index (χ4n) is 3.77. The zero-order chi connectivity index (χ0) is 13.2.